The molecule has 0 bridgehead atoms. The average Bonchev–Trinajstić information content (AvgIpc) is 3.03. The first kappa shape index (κ1) is 15.0. The van der Waals surface area contributed by atoms with E-state index in [1.54, 1.807) is 6.07 Å². The fourth-order valence-electron chi connectivity index (χ4n) is 2.42. The van der Waals surface area contributed by atoms with Crippen molar-refractivity contribution in [2.75, 3.05) is 0 Å². The van der Waals surface area contributed by atoms with Crippen LogP contribution < -0.4 is 4.74 Å². The first-order valence-electron chi connectivity index (χ1n) is 7.38. The van der Waals surface area contributed by atoms with Crippen LogP contribution in [0.2, 0.25) is 0 Å². The third kappa shape index (κ3) is 3.83. The highest BCUT2D eigenvalue weighted by molar-refractivity contribution is 5.87. The molecule has 0 unspecified atom stereocenters. The fraction of sp³-hybridized carbons (Fsp3) is 0.400. The van der Waals surface area contributed by atoms with Crippen LogP contribution in [0.25, 0.3) is 0 Å². The van der Waals surface area contributed by atoms with Gasteiger partial charge in [-0.2, -0.15) is 0 Å². The number of hydrogen-bond donors (Lipinski definition) is 2. The SMILES string of the molecule is O=C(O)c1nn[nH]c1Oc1cc(C#CC2CCCCC2)ncn1. The number of nitrogens with zero attached hydrogens (tertiary/aromatic N) is 4. The Morgan fingerprint density at radius 1 is 1.30 bits per heavy atom. The summed E-state index contributed by atoms with van der Waals surface area (Å²) in [5.41, 5.74) is 0.225. The topological polar surface area (TPSA) is 114 Å². The zero-order chi connectivity index (χ0) is 16.1. The van der Waals surface area contributed by atoms with E-state index in [9.17, 15) is 4.79 Å². The number of H-pyrrole nitrogens is 1. The van der Waals surface area contributed by atoms with Crippen molar-refractivity contribution in [3.63, 3.8) is 0 Å². The van der Waals surface area contributed by atoms with Gasteiger partial charge in [0, 0.05) is 12.0 Å². The van der Waals surface area contributed by atoms with E-state index in [0.29, 0.717) is 11.6 Å². The molecule has 1 aliphatic rings. The molecule has 0 aromatic carbocycles. The molecule has 0 saturated heterocycles. The molecule has 3 rings (SSSR count). The standard InChI is InChI=1S/C15H15N5O3/c21-15(22)13-14(19-20-18-13)23-12-8-11(16-9-17-12)7-6-10-4-2-1-3-5-10/h8-10H,1-5H2,(H,21,22)(H,18,19,20). The highest BCUT2D eigenvalue weighted by atomic mass is 16.5. The highest BCUT2D eigenvalue weighted by Crippen LogP contribution is 2.23. The number of aromatic nitrogens is 5. The molecule has 8 heteroatoms. The Balaban J connectivity index is 1.73. The second kappa shape index (κ2) is 6.87. The van der Waals surface area contributed by atoms with Crippen LogP contribution in [0.3, 0.4) is 0 Å². The summed E-state index contributed by atoms with van der Waals surface area (Å²) in [7, 11) is 0. The van der Waals surface area contributed by atoms with Crippen molar-refractivity contribution >= 4 is 5.97 Å². The van der Waals surface area contributed by atoms with Crippen LogP contribution in [0.4, 0.5) is 0 Å². The molecule has 1 saturated carbocycles. The summed E-state index contributed by atoms with van der Waals surface area (Å²) in [6, 6.07) is 1.56. The fourth-order valence-corrected chi connectivity index (χ4v) is 2.42. The van der Waals surface area contributed by atoms with Gasteiger partial charge >= 0.3 is 5.97 Å². The molecule has 0 spiro atoms. The molecule has 0 aliphatic heterocycles. The number of carbonyl (C=O) groups is 1. The second-order valence-electron chi connectivity index (χ2n) is 5.24. The van der Waals surface area contributed by atoms with Gasteiger partial charge in [-0.15, -0.1) is 5.10 Å². The van der Waals surface area contributed by atoms with Gasteiger partial charge in [-0.1, -0.05) is 30.4 Å². The molecule has 1 aliphatic carbocycles. The van der Waals surface area contributed by atoms with Gasteiger partial charge in [-0.3, -0.25) is 0 Å². The zero-order valence-electron chi connectivity index (χ0n) is 12.3. The number of hydrogen-bond acceptors (Lipinski definition) is 6. The Kier molecular flexibility index (Phi) is 4.47. The normalized spacial score (nSPS) is 14.8. The van der Waals surface area contributed by atoms with Crippen molar-refractivity contribution in [3.8, 4) is 23.6 Å². The van der Waals surface area contributed by atoms with E-state index in [-0.39, 0.29) is 17.5 Å². The van der Waals surface area contributed by atoms with Crippen molar-refractivity contribution in [2.24, 2.45) is 5.92 Å². The van der Waals surface area contributed by atoms with E-state index in [4.69, 9.17) is 9.84 Å². The van der Waals surface area contributed by atoms with Crippen molar-refractivity contribution in [1.29, 1.82) is 0 Å². The monoisotopic (exact) mass is 313 g/mol. The molecule has 8 nitrogen and oxygen atoms in total. The van der Waals surface area contributed by atoms with E-state index in [0.717, 1.165) is 12.8 Å². The Bertz CT molecular complexity index is 756. The third-order valence-electron chi connectivity index (χ3n) is 3.58. The lowest BCUT2D eigenvalue weighted by Gasteiger charge is -2.15. The summed E-state index contributed by atoms with van der Waals surface area (Å²) in [5, 5.41) is 18.2. The van der Waals surface area contributed by atoms with Crippen LogP contribution >= 0.6 is 0 Å². The second-order valence-corrected chi connectivity index (χ2v) is 5.24. The quantitative estimate of drug-likeness (QED) is 0.833. The third-order valence-corrected chi connectivity index (χ3v) is 3.58. The number of carboxylic acid groups (broad SMARTS) is 1. The molecule has 1 fully saturated rings. The molecule has 2 heterocycles. The van der Waals surface area contributed by atoms with Gasteiger partial charge in [0.05, 0.1) is 0 Å². The summed E-state index contributed by atoms with van der Waals surface area (Å²) in [5.74, 6) is 5.54. The smallest absolute Gasteiger partial charge is 0.362 e. The van der Waals surface area contributed by atoms with Gasteiger partial charge < -0.3 is 9.84 Å². The van der Waals surface area contributed by atoms with Crippen LogP contribution in [0, 0.1) is 17.8 Å². The van der Waals surface area contributed by atoms with Crippen molar-refractivity contribution < 1.29 is 14.6 Å². The minimum atomic E-state index is -1.24. The Hall–Kier alpha value is -2.95. The zero-order valence-corrected chi connectivity index (χ0v) is 12.3. The number of ether oxygens (including phenoxy) is 1. The van der Waals surface area contributed by atoms with Crippen LogP contribution in [-0.2, 0) is 0 Å². The number of aromatic amines is 1. The first-order chi connectivity index (χ1) is 11.2. The number of aromatic carboxylic acids is 1. The van der Waals surface area contributed by atoms with Crippen LogP contribution in [0.1, 0.15) is 48.3 Å². The predicted molar refractivity (Wildman–Crippen MR) is 78.9 cm³/mol. The van der Waals surface area contributed by atoms with Crippen LogP contribution in [0.5, 0.6) is 11.8 Å². The maximum Gasteiger partial charge on any atom is 0.362 e. The molecule has 0 atom stereocenters. The molecule has 2 N–H and O–H groups in total. The van der Waals surface area contributed by atoms with Gasteiger partial charge in [0.1, 0.15) is 12.0 Å². The van der Waals surface area contributed by atoms with Crippen LogP contribution in [-0.4, -0.2) is 36.5 Å². The van der Waals surface area contributed by atoms with Gasteiger partial charge in [0.15, 0.2) is 0 Å². The molecular formula is C15H15N5O3. The largest absolute Gasteiger partial charge is 0.476 e. The minimum absolute atomic E-state index is 0.0811. The number of carboxylic acids is 1. The number of nitrogens with one attached hydrogen (secondary N) is 1. The molecule has 23 heavy (non-hydrogen) atoms. The van der Waals surface area contributed by atoms with E-state index in [2.05, 4.69) is 37.2 Å². The lowest BCUT2D eigenvalue weighted by Crippen LogP contribution is -2.03. The van der Waals surface area contributed by atoms with Gasteiger partial charge in [0.2, 0.25) is 11.6 Å². The minimum Gasteiger partial charge on any atom is -0.476 e. The van der Waals surface area contributed by atoms with Crippen molar-refractivity contribution in [2.45, 2.75) is 32.1 Å². The first-order valence-corrected chi connectivity index (χ1v) is 7.38. The Morgan fingerprint density at radius 2 is 2.13 bits per heavy atom. The molecule has 118 valence electrons. The lowest BCUT2D eigenvalue weighted by atomic mass is 9.90. The van der Waals surface area contributed by atoms with E-state index < -0.39 is 5.97 Å². The summed E-state index contributed by atoms with van der Waals surface area (Å²) in [6.07, 6.45) is 7.31. The predicted octanol–water partition coefficient (Wildman–Crippen LogP) is 2.02. The maximum absolute atomic E-state index is 11.0. The summed E-state index contributed by atoms with van der Waals surface area (Å²) in [4.78, 5) is 19.0. The molecule has 2 aromatic rings. The van der Waals surface area contributed by atoms with Crippen molar-refractivity contribution in [1.82, 2.24) is 25.4 Å². The summed E-state index contributed by atoms with van der Waals surface area (Å²) in [6.45, 7) is 0. The maximum atomic E-state index is 11.0. The van der Waals surface area contributed by atoms with E-state index >= 15 is 0 Å². The van der Waals surface area contributed by atoms with E-state index in [1.165, 1.54) is 25.6 Å². The van der Waals surface area contributed by atoms with Gasteiger partial charge in [0.25, 0.3) is 5.88 Å². The molecular weight excluding hydrogens is 298 g/mol. The van der Waals surface area contributed by atoms with Crippen LogP contribution in [0.15, 0.2) is 12.4 Å². The highest BCUT2D eigenvalue weighted by Gasteiger charge is 2.17. The Labute approximate surface area is 132 Å². The summed E-state index contributed by atoms with van der Waals surface area (Å²) < 4.78 is 5.36. The molecule has 0 radical (unpaired) electrons. The summed E-state index contributed by atoms with van der Waals surface area (Å²) >= 11 is 0. The van der Waals surface area contributed by atoms with Gasteiger partial charge in [-0.25, -0.2) is 19.9 Å². The van der Waals surface area contributed by atoms with Crippen molar-refractivity contribution in [3.05, 3.63) is 23.8 Å². The molecule has 2 aromatic heterocycles. The average molecular weight is 313 g/mol. The Morgan fingerprint density at radius 3 is 2.91 bits per heavy atom. The van der Waals surface area contributed by atoms with E-state index in [1.807, 2.05) is 0 Å². The lowest BCUT2D eigenvalue weighted by molar-refractivity contribution is 0.0687. The van der Waals surface area contributed by atoms with Gasteiger partial charge in [-0.05, 0) is 18.8 Å². The molecule has 0 amide bonds. The number of rotatable bonds is 3.